The molecule has 0 fully saturated rings. The zero-order chi connectivity index (χ0) is 14.1. The minimum atomic E-state index is -0.676. The molecule has 5 nitrogen and oxygen atoms in total. The van der Waals surface area contributed by atoms with E-state index in [0.717, 1.165) is 15.6 Å². The second kappa shape index (κ2) is 5.22. The molecule has 102 valence electrons. The van der Waals surface area contributed by atoms with Gasteiger partial charge in [0.2, 0.25) is 6.10 Å². The molecule has 1 atom stereocenters. The van der Waals surface area contributed by atoms with Crippen molar-refractivity contribution in [3.8, 4) is 5.75 Å². The number of nitrogens with zero attached hydrogens (tertiary/aromatic N) is 1. The van der Waals surface area contributed by atoms with Crippen molar-refractivity contribution in [2.75, 3.05) is 5.32 Å². The first-order chi connectivity index (χ1) is 9.67. The van der Waals surface area contributed by atoms with E-state index in [9.17, 15) is 4.79 Å². The van der Waals surface area contributed by atoms with E-state index in [-0.39, 0.29) is 5.91 Å². The van der Waals surface area contributed by atoms with Gasteiger partial charge in [-0.2, -0.15) is 0 Å². The van der Waals surface area contributed by atoms with Crippen molar-refractivity contribution in [2.45, 2.75) is 12.6 Å². The minimum absolute atomic E-state index is 0.229. The molecular weight excluding hydrogens is 322 g/mol. The average molecular weight is 334 g/mol. The maximum absolute atomic E-state index is 12.1. The first-order valence-electron chi connectivity index (χ1n) is 6.09. The van der Waals surface area contributed by atoms with Crippen LogP contribution in [0.3, 0.4) is 0 Å². The molecule has 0 saturated heterocycles. The number of benzene rings is 1. The Bertz CT molecular complexity index is 658. The average Bonchev–Trinajstić information content (AvgIpc) is 2.47. The molecule has 0 spiro atoms. The number of amides is 1. The van der Waals surface area contributed by atoms with Gasteiger partial charge in [-0.15, -0.1) is 0 Å². The van der Waals surface area contributed by atoms with Gasteiger partial charge in [0, 0.05) is 22.8 Å². The SMILES string of the molecule is NCc1ccc(C2Oc3cc(Br)cnc3NC2=O)cc1. The number of ether oxygens (including phenoxy) is 1. The highest BCUT2D eigenvalue weighted by atomic mass is 79.9. The summed E-state index contributed by atoms with van der Waals surface area (Å²) in [6.07, 6.45) is 0.934. The molecule has 0 bridgehead atoms. The van der Waals surface area contributed by atoms with Crippen LogP contribution >= 0.6 is 15.9 Å². The fraction of sp³-hybridized carbons (Fsp3) is 0.143. The van der Waals surface area contributed by atoms with Gasteiger partial charge in [0.1, 0.15) is 0 Å². The number of nitrogens with two attached hydrogens (primary N) is 1. The van der Waals surface area contributed by atoms with Gasteiger partial charge in [0.15, 0.2) is 11.6 Å². The van der Waals surface area contributed by atoms with E-state index < -0.39 is 6.10 Å². The molecule has 1 aromatic carbocycles. The molecule has 0 saturated carbocycles. The number of rotatable bonds is 2. The van der Waals surface area contributed by atoms with E-state index in [1.807, 2.05) is 24.3 Å². The maximum Gasteiger partial charge on any atom is 0.271 e. The number of carbonyl (C=O) groups excluding carboxylic acids is 1. The molecule has 3 rings (SSSR count). The van der Waals surface area contributed by atoms with Gasteiger partial charge in [-0.1, -0.05) is 24.3 Å². The number of nitrogens with one attached hydrogen (secondary N) is 1. The first kappa shape index (κ1) is 13.1. The van der Waals surface area contributed by atoms with Gasteiger partial charge >= 0.3 is 0 Å². The summed E-state index contributed by atoms with van der Waals surface area (Å²) < 4.78 is 6.54. The molecule has 2 heterocycles. The largest absolute Gasteiger partial charge is 0.472 e. The lowest BCUT2D eigenvalue weighted by molar-refractivity contribution is -0.123. The van der Waals surface area contributed by atoms with Gasteiger partial charge in [-0.25, -0.2) is 4.98 Å². The predicted molar refractivity (Wildman–Crippen MR) is 78.3 cm³/mol. The maximum atomic E-state index is 12.1. The number of halogens is 1. The normalized spacial score (nSPS) is 17.1. The first-order valence-corrected chi connectivity index (χ1v) is 6.88. The minimum Gasteiger partial charge on any atom is -0.472 e. The molecule has 6 heteroatoms. The summed E-state index contributed by atoms with van der Waals surface area (Å²) in [7, 11) is 0. The van der Waals surface area contributed by atoms with E-state index in [4.69, 9.17) is 10.5 Å². The lowest BCUT2D eigenvalue weighted by Crippen LogP contribution is -2.30. The van der Waals surface area contributed by atoms with Crippen LogP contribution in [0.1, 0.15) is 17.2 Å². The predicted octanol–water partition coefficient (Wildman–Crippen LogP) is 2.38. The molecule has 1 aliphatic heterocycles. The van der Waals surface area contributed by atoms with E-state index >= 15 is 0 Å². The van der Waals surface area contributed by atoms with Crippen molar-refractivity contribution < 1.29 is 9.53 Å². The Morgan fingerprint density at radius 1 is 1.35 bits per heavy atom. The number of hydrogen-bond acceptors (Lipinski definition) is 4. The fourth-order valence-corrected chi connectivity index (χ4v) is 2.33. The van der Waals surface area contributed by atoms with Gasteiger partial charge in [0.05, 0.1) is 0 Å². The molecule has 20 heavy (non-hydrogen) atoms. The summed E-state index contributed by atoms with van der Waals surface area (Å²) in [4.78, 5) is 16.2. The molecule has 1 unspecified atom stereocenters. The number of anilines is 1. The van der Waals surface area contributed by atoms with Gasteiger partial charge < -0.3 is 15.8 Å². The van der Waals surface area contributed by atoms with Crippen LogP contribution in [-0.2, 0) is 11.3 Å². The lowest BCUT2D eigenvalue weighted by atomic mass is 10.1. The van der Waals surface area contributed by atoms with Crippen molar-refractivity contribution in [1.82, 2.24) is 4.98 Å². The van der Waals surface area contributed by atoms with Crippen LogP contribution in [0.25, 0.3) is 0 Å². The zero-order valence-corrected chi connectivity index (χ0v) is 12.1. The highest BCUT2D eigenvalue weighted by molar-refractivity contribution is 9.10. The summed E-state index contributed by atoms with van der Waals surface area (Å²) >= 11 is 3.33. The molecule has 2 aromatic rings. The Morgan fingerprint density at radius 2 is 2.10 bits per heavy atom. The van der Waals surface area contributed by atoms with Crippen molar-refractivity contribution in [2.24, 2.45) is 5.73 Å². The summed E-state index contributed by atoms with van der Waals surface area (Å²) in [5.74, 6) is 0.757. The van der Waals surface area contributed by atoms with E-state index in [0.29, 0.717) is 18.1 Å². The Kier molecular flexibility index (Phi) is 3.42. The van der Waals surface area contributed by atoms with Crippen molar-refractivity contribution >= 4 is 27.7 Å². The third-order valence-electron chi connectivity index (χ3n) is 3.06. The van der Waals surface area contributed by atoms with Gasteiger partial charge in [-0.05, 0) is 27.6 Å². The van der Waals surface area contributed by atoms with E-state index in [1.165, 1.54) is 0 Å². The molecule has 1 amide bonds. The van der Waals surface area contributed by atoms with Crippen LogP contribution in [0.2, 0.25) is 0 Å². The summed E-state index contributed by atoms with van der Waals surface area (Å²) in [5.41, 5.74) is 7.35. The highest BCUT2D eigenvalue weighted by Crippen LogP contribution is 2.35. The van der Waals surface area contributed by atoms with Crippen LogP contribution in [0.15, 0.2) is 41.0 Å². The fourth-order valence-electron chi connectivity index (χ4n) is 2.02. The smallest absolute Gasteiger partial charge is 0.271 e. The number of aromatic nitrogens is 1. The van der Waals surface area contributed by atoms with Crippen molar-refractivity contribution in [3.05, 3.63) is 52.1 Å². The van der Waals surface area contributed by atoms with Crippen LogP contribution in [0.4, 0.5) is 5.82 Å². The monoisotopic (exact) mass is 333 g/mol. The molecule has 3 N–H and O–H groups in total. The Hall–Kier alpha value is -1.92. The standard InChI is InChI=1S/C14H12BrN3O2/c15-10-5-11-13(17-7-10)18-14(19)12(20-11)9-3-1-8(6-16)2-4-9/h1-5,7,12H,6,16H2,(H,17,18,19). The van der Waals surface area contributed by atoms with Gasteiger partial charge in [-0.3, -0.25) is 4.79 Å². The second-order valence-corrected chi connectivity index (χ2v) is 5.35. The van der Waals surface area contributed by atoms with Crippen molar-refractivity contribution in [3.63, 3.8) is 0 Å². The molecule has 1 aromatic heterocycles. The van der Waals surface area contributed by atoms with Gasteiger partial charge in [0.25, 0.3) is 5.91 Å². The molecular formula is C14H12BrN3O2. The lowest BCUT2D eigenvalue weighted by Gasteiger charge is -2.25. The van der Waals surface area contributed by atoms with Crippen LogP contribution in [0.5, 0.6) is 5.75 Å². The van der Waals surface area contributed by atoms with Crippen molar-refractivity contribution in [1.29, 1.82) is 0 Å². The summed E-state index contributed by atoms with van der Waals surface area (Å²) in [5, 5.41) is 2.74. The number of pyridine rings is 1. The molecule has 0 radical (unpaired) electrons. The second-order valence-electron chi connectivity index (χ2n) is 4.43. The number of carbonyl (C=O) groups is 1. The Morgan fingerprint density at radius 3 is 2.80 bits per heavy atom. The van der Waals surface area contributed by atoms with Crippen LogP contribution in [0, 0.1) is 0 Å². The molecule has 1 aliphatic rings. The molecule has 0 aliphatic carbocycles. The highest BCUT2D eigenvalue weighted by Gasteiger charge is 2.29. The third-order valence-corrected chi connectivity index (χ3v) is 3.50. The summed E-state index contributed by atoms with van der Waals surface area (Å²) in [6, 6.07) is 9.26. The van der Waals surface area contributed by atoms with E-state index in [2.05, 4.69) is 26.2 Å². The summed E-state index contributed by atoms with van der Waals surface area (Å²) in [6.45, 7) is 0.470. The van der Waals surface area contributed by atoms with Crippen LogP contribution < -0.4 is 15.8 Å². The number of fused-ring (bicyclic) bond motifs is 1. The topological polar surface area (TPSA) is 77.2 Å². The third kappa shape index (κ3) is 2.39. The number of hydrogen-bond donors (Lipinski definition) is 2. The van der Waals surface area contributed by atoms with E-state index in [1.54, 1.807) is 12.3 Å². The Balaban J connectivity index is 1.92. The zero-order valence-electron chi connectivity index (χ0n) is 10.5. The quantitative estimate of drug-likeness (QED) is 0.884. The Labute approximate surface area is 124 Å². The van der Waals surface area contributed by atoms with Crippen LogP contribution in [-0.4, -0.2) is 10.9 Å².